The van der Waals surface area contributed by atoms with E-state index in [-0.39, 0.29) is 17.5 Å². The van der Waals surface area contributed by atoms with E-state index in [1.165, 1.54) is 11.6 Å². The molecule has 1 aliphatic carbocycles. The Kier molecular flexibility index (Phi) is 4.35. The molecule has 0 unspecified atom stereocenters. The van der Waals surface area contributed by atoms with Gasteiger partial charge in [-0.2, -0.15) is 0 Å². The standard InChI is InChI=1S/C24H23N3O3/c1-27-21-9-4-3-6-15(21)18(13-22(27)28)24(29)26-20-8-5-7-16-17-12-14(30-2)10-11-19(17)25-23(16)20/h3-4,6,9-13,20,25H,5,7-8H2,1-2H3,(H,26,29)/t20-/m0/s1. The lowest BCUT2D eigenvalue weighted by molar-refractivity contribution is 0.0933. The second-order valence-electron chi connectivity index (χ2n) is 7.82. The molecule has 6 nitrogen and oxygen atoms in total. The Hall–Kier alpha value is -3.54. The molecular formula is C24H23N3O3. The number of para-hydroxylation sites is 1. The molecule has 0 fully saturated rings. The van der Waals surface area contributed by atoms with Crippen LogP contribution in [0.15, 0.2) is 53.3 Å². The summed E-state index contributed by atoms with van der Waals surface area (Å²) in [6.07, 6.45) is 2.80. The second kappa shape index (κ2) is 7.06. The number of carbonyl (C=O) groups excluding carboxylic acids is 1. The average molecular weight is 401 g/mol. The molecule has 0 saturated heterocycles. The fraction of sp³-hybridized carbons (Fsp3) is 0.250. The summed E-state index contributed by atoms with van der Waals surface area (Å²) in [4.78, 5) is 29.1. The Morgan fingerprint density at radius 2 is 2.00 bits per heavy atom. The Morgan fingerprint density at radius 1 is 1.17 bits per heavy atom. The summed E-state index contributed by atoms with van der Waals surface area (Å²) < 4.78 is 6.94. The zero-order valence-electron chi connectivity index (χ0n) is 17.0. The van der Waals surface area contributed by atoms with E-state index in [1.807, 2.05) is 42.5 Å². The van der Waals surface area contributed by atoms with Gasteiger partial charge in [-0.1, -0.05) is 18.2 Å². The lowest BCUT2D eigenvalue weighted by Gasteiger charge is -2.24. The molecule has 0 radical (unpaired) electrons. The Bertz CT molecular complexity index is 1350. The number of aryl methyl sites for hydroxylation is 2. The van der Waals surface area contributed by atoms with E-state index in [2.05, 4.69) is 10.3 Å². The first kappa shape index (κ1) is 18.5. The smallest absolute Gasteiger partial charge is 0.252 e. The lowest BCUT2D eigenvalue weighted by atomic mass is 9.91. The minimum Gasteiger partial charge on any atom is -0.497 e. The van der Waals surface area contributed by atoms with Crippen LogP contribution in [0.3, 0.4) is 0 Å². The zero-order chi connectivity index (χ0) is 20.8. The van der Waals surface area contributed by atoms with Gasteiger partial charge in [-0.3, -0.25) is 9.59 Å². The predicted octanol–water partition coefficient (Wildman–Crippen LogP) is 3.84. The Morgan fingerprint density at radius 3 is 2.83 bits per heavy atom. The van der Waals surface area contributed by atoms with Gasteiger partial charge in [0, 0.05) is 35.1 Å². The quantitative estimate of drug-likeness (QED) is 0.548. The van der Waals surface area contributed by atoms with Crippen LogP contribution in [-0.4, -0.2) is 22.6 Å². The number of amides is 1. The monoisotopic (exact) mass is 401 g/mol. The van der Waals surface area contributed by atoms with Crippen LogP contribution in [-0.2, 0) is 13.5 Å². The number of methoxy groups -OCH3 is 1. The molecule has 1 aliphatic rings. The van der Waals surface area contributed by atoms with Crippen LogP contribution >= 0.6 is 0 Å². The molecule has 2 N–H and O–H groups in total. The summed E-state index contributed by atoms with van der Waals surface area (Å²) in [7, 11) is 3.39. The van der Waals surface area contributed by atoms with Crippen molar-refractivity contribution >= 4 is 27.7 Å². The van der Waals surface area contributed by atoms with E-state index in [0.717, 1.165) is 52.5 Å². The molecular weight excluding hydrogens is 378 g/mol. The topological polar surface area (TPSA) is 76.1 Å². The molecule has 0 aliphatic heterocycles. The van der Waals surface area contributed by atoms with Gasteiger partial charge in [0.15, 0.2) is 0 Å². The first-order chi connectivity index (χ1) is 14.6. The van der Waals surface area contributed by atoms with Gasteiger partial charge in [0.25, 0.3) is 11.5 Å². The summed E-state index contributed by atoms with van der Waals surface area (Å²) in [6, 6.07) is 14.8. The van der Waals surface area contributed by atoms with E-state index in [4.69, 9.17) is 4.74 Å². The van der Waals surface area contributed by atoms with E-state index in [9.17, 15) is 9.59 Å². The molecule has 1 amide bonds. The normalized spacial score (nSPS) is 15.9. The highest BCUT2D eigenvalue weighted by molar-refractivity contribution is 6.06. The van der Waals surface area contributed by atoms with Crippen LogP contribution in [0, 0.1) is 0 Å². The van der Waals surface area contributed by atoms with Crippen LogP contribution in [0.25, 0.3) is 21.8 Å². The molecule has 2 heterocycles. The summed E-state index contributed by atoms with van der Waals surface area (Å²) >= 11 is 0. The number of ether oxygens (including phenoxy) is 1. The Labute approximate surface area is 173 Å². The number of pyridine rings is 1. The van der Waals surface area contributed by atoms with Crippen molar-refractivity contribution in [3.63, 3.8) is 0 Å². The van der Waals surface area contributed by atoms with Gasteiger partial charge in [0.1, 0.15) is 5.75 Å². The van der Waals surface area contributed by atoms with Gasteiger partial charge in [0.05, 0.1) is 24.2 Å². The highest BCUT2D eigenvalue weighted by Gasteiger charge is 2.27. The van der Waals surface area contributed by atoms with Gasteiger partial charge in [-0.25, -0.2) is 0 Å². The minimum atomic E-state index is -0.224. The molecule has 0 saturated carbocycles. The summed E-state index contributed by atoms with van der Waals surface area (Å²) in [6.45, 7) is 0. The number of aromatic amines is 1. The molecule has 1 atom stereocenters. The van der Waals surface area contributed by atoms with Crippen molar-refractivity contribution < 1.29 is 9.53 Å². The number of hydrogen-bond donors (Lipinski definition) is 2. The third kappa shape index (κ3) is 2.87. The number of nitrogens with one attached hydrogen (secondary N) is 2. The molecule has 5 rings (SSSR count). The van der Waals surface area contributed by atoms with Gasteiger partial charge in [-0.05, 0) is 49.1 Å². The lowest BCUT2D eigenvalue weighted by Crippen LogP contribution is -2.32. The summed E-state index contributed by atoms with van der Waals surface area (Å²) in [5.41, 5.74) is 4.29. The highest BCUT2D eigenvalue weighted by atomic mass is 16.5. The van der Waals surface area contributed by atoms with Crippen molar-refractivity contribution in [1.29, 1.82) is 0 Å². The van der Waals surface area contributed by atoms with Crippen LogP contribution in [0.5, 0.6) is 5.75 Å². The van der Waals surface area contributed by atoms with Gasteiger partial charge in [-0.15, -0.1) is 0 Å². The summed E-state index contributed by atoms with van der Waals surface area (Å²) in [5, 5.41) is 5.08. The maximum Gasteiger partial charge on any atom is 0.252 e. The number of fused-ring (bicyclic) bond motifs is 4. The van der Waals surface area contributed by atoms with Crippen molar-refractivity contribution in [3.05, 3.63) is 75.7 Å². The van der Waals surface area contributed by atoms with Crippen molar-refractivity contribution in [1.82, 2.24) is 14.9 Å². The van der Waals surface area contributed by atoms with E-state index in [1.54, 1.807) is 18.7 Å². The highest BCUT2D eigenvalue weighted by Crippen LogP contribution is 2.36. The fourth-order valence-electron chi connectivity index (χ4n) is 4.55. The number of carbonyl (C=O) groups is 1. The van der Waals surface area contributed by atoms with E-state index < -0.39 is 0 Å². The van der Waals surface area contributed by atoms with Crippen molar-refractivity contribution in [2.75, 3.05) is 7.11 Å². The molecule has 152 valence electrons. The van der Waals surface area contributed by atoms with Crippen molar-refractivity contribution in [3.8, 4) is 5.75 Å². The van der Waals surface area contributed by atoms with Gasteiger partial charge < -0.3 is 19.6 Å². The molecule has 2 aromatic carbocycles. The molecule has 4 aromatic rings. The molecule has 30 heavy (non-hydrogen) atoms. The van der Waals surface area contributed by atoms with E-state index in [0.29, 0.717) is 5.56 Å². The number of aromatic nitrogens is 2. The second-order valence-corrected chi connectivity index (χ2v) is 7.82. The largest absolute Gasteiger partial charge is 0.497 e. The zero-order valence-corrected chi connectivity index (χ0v) is 17.0. The van der Waals surface area contributed by atoms with Crippen LogP contribution in [0.4, 0.5) is 0 Å². The number of rotatable bonds is 3. The number of nitrogens with zero attached hydrogens (tertiary/aromatic N) is 1. The minimum absolute atomic E-state index is 0.123. The fourth-order valence-corrected chi connectivity index (χ4v) is 4.55. The van der Waals surface area contributed by atoms with Crippen molar-refractivity contribution in [2.24, 2.45) is 7.05 Å². The molecule has 6 heteroatoms. The number of H-pyrrole nitrogens is 1. The SMILES string of the molecule is COc1ccc2[nH]c3c(c2c1)CCC[C@@H]3NC(=O)c1cc(=O)n(C)c2ccccc12. The average Bonchev–Trinajstić information content (AvgIpc) is 3.15. The number of benzene rings is 2. The number of hydrogen-bond acceptors (Lipinski definition) is 3. The predicted molar refractivity (Wildman–Crippen MR) is 117 cm³/mol. The first-order valence-corrected chi connectivity index (χ1v) is 10.1. The first-order valence-electron chi connectivity index (χ1n) is 10.1. The maximum atomic E-state index is 13.2. The third-order valence-corrected chi connectivity index (χ3v) is 6.12. The van der Waals surface area contributed by atoms with Crippen LogP contribution in [0.1, 0.15) is 40.5 Å². The van der Waals surface area contributed by atoms with Gasteiger partial charge in [0.2, 0.25) is 0 Å². The molecule has 2 aromatic heterocycles. The third-order valence-electron chi connectivity index (χ3n) is 6.12. The summed E-state index contributed by atoms with van der Waals surface area (Å²) in [5.74, 6) is 0.597. The van der Waals surface area contributed by atoms with Crippen LogP contribution < -0.4 is 15.6 Å². The Balaban J connectivity index is 1.54. The maximum absolute atomic E-state index is 13.2. The van der Waals surface area contributed by atoms with Crippen molar-refractivity contribution in [2.45, 2.75) is 25.3 Å². The van der Waals surface area contributed by atoms with E-state index >= 15 is 0 Å². The van der Waals surface area contributed by atoms with Gasteiger partial charge >= 0.3 is 0 Å². The molecule has 0 spiro atoms. The molecule has 0 bridgehead atoms. The van der Waals surface area contributed by atoms with Crippen LogP contribution in [0.2, 0.25) is 0 Å².